The Morgan fingerprint density at radius 3 is 2.71 bits per heavy atom. The zero-order valence-corrected chi connectivity index (χ0v) is 17.8. The summed E-state index contributed by atoms with van der Waals surface area (Å²) in [7, 11) is 1.53. The molecule has 1 atom stereocenters. The summed E-state index contributed by atoms with van der Waals surface area (Å²) in [5.41, 5.74) is 5.84. The van der Waals surface area contributed by atoms with Gasteiger partial charge < -0.3 is 36.2 Å². The summed E-state index contributed by atoms with van der Waals surface area (Å²) in [5, 5.41) is 27.2. The topological polar surface area (TPSA) is 135 Å². The van der Waals surface area contributed by atoms with E-state index >= 15 is 0 Å². The van der Waals surface area contributed by atoms with Crippen LogP contribution in [-0.2, 0) is 4.79 Å². The minimum Gasteiger partial charge on any atom is -0.492 e. The highest BCUT2D eigenvalue weighted by Crippen LogP contribution is 2.54. The van der Waals surface area contributed by atoms with Gasteiger partial charge in [0.25, 0.3) is 0 Å². The molecule has 0 amide bonds. The Labute approximate surface area is 184 Å². The SMILES string of the molecule is COc1c(NCCNc2ccccn2)c(Cl)c([NH3+])c2c1N(C1CC1)C=C(C(=O)O)C2O. The first-order valence-corrected chi connectivity index (χ1v) is 10.4. The molecule has 0 bridgehead atoms. The molecule has 0 saturated heterocycles. The molecule has 1 aromatic heterocycles. The van der Waals surface area contributed by atoms with Gasteiger partial charge in [-0.15, -0.1) is 0 Å². The minimum absolute atomic E-state index is 0.109. The molecule has 1 unspecified atom stereocenters. The Kier molecular flexibility index (Phi) is 5.90. The van der Waals surface area contributed by atoms with Crippen LogP contribution in [0.5, 0.6) is 5.75 Å². The molecule has 1 aliphatic carbocycles. The van der Waals surface area contributed by atoms with Gasteiger partial charge in [0.15, 0.2) is 11.4 Å². The van der Waals surface area contributed by atoms with E-state index in [9.17, 15) is 15.0 Å². The summed E-state index contributed by atoms with van der Waals surface area (Å²) in [5.74, 6) is 0.0398. The Bertz CT molecular complexity index is 1030. The number of aliphatic hydroxyl groups is 1. The van der Waals surface area contributed by atoms with Gasteiger partial charge in [-0.2, -0.15) is 0 Å². The van der Waals surface area contributed by atoms with Crippen LogP contribution < -0.4 is 26.0 Å². The zero-order chi connectivity index (χ0) is 22.1. The van der Waals surface area contributed by atoms with E-state index in [0.29, 0.717) is 41.5 Å². The van der Waals surface area contributed by atoms with Crippen molar-refractivity contribution in [3.8, 4) is 5.75 Å². The monoisotopic (exact) mass is 446 g/mol. The fraction of sp³-hybridized carbons (Fsp3) is 0.333. The number of carboxylic acids is 1. The molecule has 2 heterocycles. The molecular formula is C21H25ClN5O4+. The van der Waals surface area contributed by atoms with Gasteiger partial charge in [-0.1, -0.05) is 17.7 Å². The number of nitrogens with zero attached hydrogens (tertiary/aromatic N) is 2. The fourth-order valence-electron chi connectivity index (χ4n) is 3.76. The average Bonchev–Trinajstić information content (AvgIpc) is 3.60. The second-order valence-electron chi connectivity index (χ2n) is 7.46. The highest BCUT2D eigenvalue weighted by molar-refractivity contribution is 6.36. The smallest absolute Gasteiger partial charge is 0.336 e. The summed E-state index contributed by atoms with van der Waals surface area (Å²) >= 11 is 6.61. The van der Waals surface area contributed by atoms with Crippen LogP contribution in [0.25, 0.3) is 0 Å². The van der Waals surface area contributed by atoms with Gasteiger partial charge in [0.1, 0.15) is 22.6 Å². The third-order valence-electron chi connectivity index (χ3n) is 5.40. The van der Waals surface area contributed by atoms with Crippen molar-refractivity contribution >= 4 is 40.5 Å². The second kappa shape index (κ2) is 8.62. The minimum atomic E-state index is -1.35. The van der Waals surface area contributed by atoms with Crippen molar-refractivity contribution in [2.75, 3.05) is 35.7 Å². The van der Waals surface area contributed by atoms with Crippen molar-refractivity contribution in [3.05, 3.63) is 46.8 Å². The number of carbonyl (C=O) groups is 1. The highest BCUT2D eigenvalue weighted by atomic mass is 35.5. The lowest BCUT2D eigenvalue weighted by molar-refractivity contribution is -0.256. The van der Waals surface area contributed by atoms with Crippen molar-refractivity contribution in [2.24, 2.45) is 0 Å². The molecular weight excluding hydrogens is 422 g/mol. The number of fused-ring (bicyclic) bond motifs is 1. The van der Waals surface area contributed by atoms with Crippen LogP contribution in [0.3, 0.4) is 0 Å². The number of aliphatic carboxylic acids is 1. The molecule has 2 aliphatic rings. The Hall–Kier alpha value is -3.01. The molecule has 0 spiro atoms. The average molecular weight is 447 g/mol. The maximum Gasteiger partial charge on any atom is 0.336 e. The third kappa shape index (κ3) is 3.99. The highest BCUT2D eigenvalue weighted by Gasteiger charge is 2.42. The van der Waals surface area contributed by atoms with Crippen LogP contribution in [0.4, 0.5) is 22.9 Å². The number of hydrogen-bond acceptors (Lipinski definition) is 7. The Balaban J connectivity index is 1.67. The molecule has 1 saturated carbocycles. The number of methoxy groups -OCH3 is 1. The number of ether oxygens (including phenoxy) is 1. The number of aliphatic hydroxyl groups excluding tert-OH is 1. The fourth-order valence-corrected chi connectivity index (χ4v) is 4.01. The van der Waals surface area contributed by atoms with Crippen LogP contribution in [-0.4, -0.2) is 47.4 Å². The lowest BCUT2D eigenvalue weighted by atomic mass is 9.93. The van der Waals surface area contributed by atoms with Crippen molar-refractivity contribution in [1.29, 1.82) is 0 Å². The van der Waals surface area contributed by atoms with Crippen LogP contribution in [0.1, 0.15) is 24.5 Å². The largest absolute Gasteiger partial charge is 0.492 e. The molecule has 2 aromatic rings. The quantitative estimate of drug-likeness (QED) is 0.389. The van der Waals surface area contributed by atoms with E-state index in [1.54, 1.807) is 6.20 Å². The standard InChI is InChI=1S/C21H24ClN5O4/c1-31-20-17(26-9-8-25-13-4-2-3-7-24-13)15(22)16(23)14-18(20)27(11-5-6-11)10-12(19(14)28)21(29)30/h2-4,7,10-11,19,26,28H,5-6,8-9,23H2,1H3,(H,24,25)(H,29,30)/p+1. The number of quaternary nitrogens is 1. The van der Waals surface area contributed by atoms with Crippen LogP contribution >= 0.6 is 11.6 Å². The number of pyridine rings is 1. The normalized spacial score (nSPS) is 17.6. The molecule has 9 nitrogen and oxygen atoms in total. The van der Waals surface area contributed by atoms with E-state index in [1.165, 1.54) is 13.3 Å². The molecule has 1 aliphatic heterocycles. The summed E-state index contributed by atoms with van der Waals surface area (Å²) in [6.45, 7) is 1.10. The number of hydrogen-bond donors (Lipinski definition) is 5. The van der Waals surface area contributed by atoms with Gasteiger partial charge in [0.2, 0.25) is 0 Å². The summed E-state index contributed by atoms with van der Waals surface area (Å²) in [6, 6.07) is 5.77. The van der Waals surface area contributed by atoms with E-state index in [2.05, 4.69) is 21.4 Å². The number of anilines is 3. The van der Waals surface area contributed by atoms with Crippen molar-refractivity contribution < 1.29 is 25.5 Å². The first kappa shape index (κ1) is 21.2. The number of rotatable bonds is 8. The van der Waals surface area contributed by atoms with Crippen molar-refractivity contribution in [2.45, 2.75) is 25.0 Å². The van der Waals surface area contributed by atoms with Gasteiger partial charge in [-0.3, -0.25) is 0 Å². The van der Waals surface area contributed by atoms with Crippen molar-refractivity contribution in [3.63, 3.8) is 0 Å². The molecule has 4 rings (SSSR count). The maximum atomic E-state index is 11.7. The van der Waals surface area contributed by atoms with Gasteiger partial charge >= 0.3 is 5.97 Å². The van der Waals surface area contributed by atoms with E-state index < -0.39 is 12.1 Å². The van der Waals surface area contributed by atoms with Gasteiger partial charge in [0.05, 0.1) is 23.9 Å². The second-order valence-corrected chi connectivity index (χ2v) is 7.84. The van der Waals surface area contributed by atoms with E-state index in [0.717, 1.165) is 18.7 Å². The van der Waals surface area contributed by atoms with E-state index in [-0.39, 0.29) is 16.6 Å². The number of halogens is 1. The number of benzene rings is 1. The first-order chi connectivity index (χ1) is 14.9. The lowest BCUT2D eigenvalue weighted by Gasteiger charge is -2.34. The maximum absolute atomic E-state index is 11.7. The van der Waals surface area contributed by atoms with E-state index in [1.807, 2.05) is 23.1 Å². The number of carboxylic acid groups (broad SMARTS) is 1. The molecule has 164 valence electrons. The van der Waals surface area contributed by atoms with Crippen LogP contribution in [0.15, 0.2) is 36.2 Å². The molecule has 10 heteroatoms. The predicted molar refractivity (Wildman–Crippen MR) is 118 cm³/mol. The summed E-state index contributed by atoms with van der Waals surface area (Å²) in [6.07, 6.45) is 3.71. The number of aromatic nitrogens is 1. The zero-order valence-electron chi connectivity index (χ0n) is 17.1. The van der Waals surface area contributed by atoms with Gasteiger partial charge in [-0.05, 0) is 25.0 Å². The van der Waals surface area contributed by atoms with Crippen LogP contribution in [0.2, 0.25) is 5.02 Å². The molecule has 31 heavy (non-hydrogen) atoms. The molecule has 7 N–H and O–H groups in total. The third-order valence-corrected chi connectivity index (χ3v) is 5.82. The van der Waals surface area contributed by atoms with Gasteiger partial charge in [0, 0.05) is 31.5 Å². The molecule has 0 radical (unpaired) electrons. The Morgan fingerprint density at radius 2 is 2.10 bits per heavy atom. The predicted octanol–water partition coefficient (Wildman–Crippen LogP) is 2.13. The van der Waals surface area contributed by atoms with Crippen molar-refractivity contribution in [1.82, 2.24) is 4.98 Å². The lowest BCUT2D eigenvalue weighted by Crippen LogP contribution is -2.44. The molecule has 1 fully saturated rings. The van der Waals surface area contributed by atoms with E-state index in [4.69, 9.17) is 16.3 Å². The summed E-state index contributed by atoms with van der Waals surface area (Å²) in [4.78, 5) is 17.8. The first-order valence-electron chi connectivity index (χ1n) is 9.99. The number of nitrogens with one attached hydrogen (secondary N) is 2. The van der Waals surface area contributed by atoms with Crippen LogP contribution in [0, 0.1) is 0 Å². The van der Waals surface area contributed by atoms with Gasteiger partial charge in [-0.25, -0.2) is 9.78 Å². The Morgan fingerprint density at radius 1 is 1.35 bits per heavy atom. The summed E-state index contributed by atoms with van der Waals surface area (Å²) < 4.78 is 5.71. The molecule has 1 aromatic carbocycles.